The summed E-state index contributed by atoms with van der Waals surface area (Å²) in [7, 11) is 0. The highest BCUT2D eigenvalue weighted by Gasteiger charge is 2.26. The molecular weight excluding hydrogens is 233 g/mol. The van der Waals surface area contributed by atoms with Crippen LogP contribution in [0.15, 0.2) is 24.3 Å². The lowest BCUT2D eigenvalue weighted by Crippen LogP contribution is -2.32. The van der Waals surface area contributed by atoms with Gasteiger partial charge in [-0.15, -0.1) is 11.6 Å². The number of alkyl halides is 1. The van der Waals surface area contributed by atoms with Crippen molar-refractivity contribution >= 4 is 34.8 Å². The van der Waals surface area contributed by atoms with Crippen LogP contribution in [0.1, 0.15) is 13.8 Å². The smallest absolute Gasteiger partial charge is 0.231 e. The first-order chi connectivity index (χ1) is 6.95. The average Bonchev–Trinajstić information content (AvgIpc) is 2.21. The largest absolute Gasteiger partial charge is 0.326 e. The standard InChI is InChI=1S/C11H13Cl2NO/c1-11(2,7-12)10(15)14-9-5-3-8(13)4-6-9/h3-6H,7H2,1-2H3,(H,14,15). The Morgan fingerprint density at radius 1 is 1.33 bits per heavy atom. The molecule has 1 aromatic carbocycles. The second kappa shape index (κ2) is 4.86. The number of hydrogen-bond acceptors (Lipinski definition) is 1. The lowest BCUT2D eigenvalue weighted by Gasteiger charge is -2.20. The molecule has 4 heteroatoms. The Hall–Kier alpha value is -0.730. The average molecular weight is 246 g/mol. The number of amides is 1. The predicted octanol–water partition coefficient (Wildman–Crippen LogP) is 3.54. The van der Waals surface area contributed by atoms with Gasteiger partial charge in [-0.2, -0.15) is 0 Å². The summed E-state index contributed by atoms with van der Waals surface area (Å²) in [5.74, 6) is 0.187. The second-order valence-corrected chi connectivity index (χ2v) is 4.68. The Kier molecular flexibility index (Phi) is 4.00. The van der Waals surface area contributed by atoms with Crippen molar-refractivity contribution < 1.29 is 4.79 Å². The van der Waals surface area contributed by atoms with Crippen LogP contribution in [0.25, 0.3) is 0 Å². The van der Waals surface area contributed by atoms with Gasteiger partial charge in [-0.05, 0) is 38.1 Å². The van der Waals surface area contributed by atoms with E-state index in [9.17, 15) is 4.79 Å². The molecule has 0 radical (unpaired) electrons. The summed E-state index contributed by atoms with van der Waals surface area (Å²) in [4.78, 5) is 11.7. The Labute approximate surface area is 99.6 Å². The van der Waals surface area contributed by atoms with E-state index < -0.39 is 5.41 Å². The molecule has 15 heavy (non-hydrogen) atoms. The van der Waals surface area contributed by atoms with Crippen molar-refractivity contribution in [2.75, 3.05) is 11.2 Å². The topological polar surface area (TPSA) is 29.1 Å². The summed E-state index contributed by atoms with van der Waals surface area (Å²) in [6.07, 6.45) is 0. The molecule has 82 valence electrons. The first-order valence-electron chi connectivity index (χ1n) is 4.59. The minimum absolute atomic E-state index is 0.0974. The minimum Gasteiger partial charge on any atom is -0.326 e. The number of carbonyl (C=O) groups excluding carboxylic acids is 1. The summed E-state index contributed by atoms with van der Waals surface area (Å²) in [5, 5.41) is 3.42. The number of halogens is 2. The van der Waals surface area contributed by atoms with Gasteiger partial charge in [0, 0.05) is 16.6 Å². The Bertz CT molecular complexity index is 346. The molecule has 0 saturated carbocycles. The fourth-order valence-electron chi connectivity index (χ4n) is 0.894. The molecule has 0 saturated heterocycles. The Morgan fingerprint density at radius 2 is 1.87 bits per heavy atom. The maximum atomic E-state index is 11.7. The fourth-order valence-corrected chi connectivity index (χ4v) is 1.14. The molecule has 0 bridgehead atoms. The van der Waals surface area contributed by atoms with Crippen molar-refractivity contribution in [2.45, 2.75) is 13.8 Å². The summed E-state index contributed by atoms with van der Waals surface area (Å²) >= 11 is 11.4. The van der Waals surface area contributed by atoms with Gasteiger partial charge in [0.05, 0.1) is 5.41 Å². The summed E-state index contributed by atoms with van der Waals surface area (Å²) in [5.41, 5.74) is 0.156. The molecule has 0 unspecified atom stereocenters. The normalized spacial score (nSPS) is 11.2. The molecule has 1 rings (SSSR count). The molecule has 1 aromatic rings. The highest BCUT2D eigenvalue weighted by Crippen LogP contribution is 2.21. The highest BCUT2D eigenvalue weighted by molar-refractivity contribution is 6.30. The van der Waals surface area contributed by atoms with Crippen LogP contribution < -0.4 is 5.32 Å². The summed E-state index contributed by atoms with van der Waals surface area (Å²) < 4.78 is 0. The van der Waals surface area contributed by atoms with E-state index in [1.54, 1.807) is 38.1 Å². The van der Waals surface area contributed by atoms with Crippen LogP contribution in [0.2, 0.25) is 5.02 Å². The third-order valence-electron chi connectivity index (χ3n) is 2.05. The number of carbonyl (C=O) groups is 1. The maximum Gasteiger partial charge on any atom is 0.231 e. The fraction of sp³-hybridized carbons (Fsp3) is 0.364. The van der Waals surface area contributed by atoms with Crippen molar-refractivity contribution in [3.63, 3.8) is 0 Å². The molecule has 1 N–H and O–H groups in total. The molecular formula is C11H13Cl2NO. The van der Waals surface area contributed by atoms with E-state index in [1.807, 2.05) is 0 Å². The van der Waals surface area contributed by atoms with E-state index in [4.69, 9.17) is 23.2 Å². The van der Waals surface area contributed by atoms with Gasteiger partial charge in [0.2, 0.25) is 5.91 Å². The van der Waals surface area contributed by atoms with Crippen LogP contribution >= 0.6 is 23.2 Å². The molecule has 1 amide bonds. The lowest BCUT2D eigenvalue weighted by molar-refractivity contribution is -0.122. The molecule has 0 atom stereocenters. The molecule has 0 aromatic heterocycles. The number of benzene rings is 1. The Morgan fingerprint density at radius 3 is 2.33 bits per heavy atom. The van der Waals surface area contributed by atoms with Gasteiger partial charge in [0.15, 0.2) is 0 Å². The first-order valence-corrected chi connectivity index (χ1v) is 5.50. The monoisotopic (exact) mass is 245 g/mol. The van der Waals surface area contributed by atoms with Gasteiger partial charge in [-0.3, -0.25) is 4.79 Å². The van der Waals surface area contributed by atoms with Crippen LogP contribution in [0, 0.1) is 5.41 Å². The zero-order valence-electron chi connectivity index (χ0n) is 8.68. The number of hydrogen-bond donors (Lipinski definition) is 1. The van der Waals surface area contributed by atoms with Gasteiger partial charge in [-0.1, -0.05) is 11.6 Å². The van der Waals surface area contributed by atoms with Crippen LogP contribution in [-0.2, 0) is 4.79 Å². The minimum atomic E-state index is -0.568. The van der Waals surface area contributed by atoms with Gasteiger partial charge < -0.3 is 5.32 Å². The molecule has 0 fully saturated rings. The van der Waals surface area contributed by atoms with Crippen molar-refractivity contribution in [3.05, 3.63) is 29.3 Å². The van der Waals surface area contributed by atoms with E-state index in [2.05, 4.69) is 5.32 Å². The van der Waals surface area contributed by atoms with E-state index in [-0.39, 0.29) is 11.8 Å². The third-order valence-corrected chi connectivity index (χ3v) is 2.97. The van der Waals surface area contributed by atoms with Gasteiger partial charge in [0.25, 0.3) is 0 Å². The molecule has 0 aliphatic carbocycles. The molecule has 0 spiro atoms. The van der Waals surface area contributed by atoms with Crippen molar-refractivity contribution in [1.82, 2.24) is 0 Å². The van der Waals surface area contributed by atoms with E-state index in [0.29, 0.717) is 5.02 Å². The maximum absolute atomic E-state index is 11.7. The van der Waals surface area contributed by atoms with Crippen molar-refractivity contribution in [2.24, 2.45) is 5.41 Å². The summed E-state index contributed by atoms with van der Waals surface area (Å²) in [6.45, 7) is 3.59. The molecule has 0 aliphatic rings. The van der Waals surface area contributed by atoms with E-state index in [0.717, 1.165) is 5.69 Å². The van der Waals surface area contributed by atoms with Crippen LogP contribution in [0.3, 0.4) is 0 Å². The highest BCUT2D eigenvalue weighted by atomic mass is 35.5. The first kappa shape index (κ1) is 12.3. The lowest BCUT2D eigenvalue weighted by atomic mass is 9.95. The van der Waals surface area contributed by atoms with Crippen LogP contribution in [0.4, 0.5) is 5.69 Å². The molecule has 2 nitrogen and oxygen atoms in total. The van der Waals surface area contributed by atoms with Crippen LogP contribution in [0.5, 0.6) is 0 Å². The summed E-state index contributed by atoms with van der Waals surface area (Å²) in [6, 6.07) is 6.96. The van der Waals surface area contributed by atoms with E-state index >= 15 is 0 Å². The predicted molar refractivity (Wildman–Crippen MR) is 64.6 cm³/mol. The van der Waals surface area contributed by atoms with Crippen LogP contribution in [-0.4, -0.2) is 11.8 Å². The van der Waals surface area contributed by atoms with Crippen molar-refractivity contribution in [3.8, 4) is 0 Å². The molecule has 0 heterocycles. The quantitative estimate of drug-likeness (QED) is 0.812. The Balaban J connectivity index is 2.71. The van der Waals surface area contributed by atoms with Gasteiger partial charge >= 0.3 is 0 Å². The SMILES string of the molecule is CC(C)(CCl)C(=O)Nc1ccc(Cl)cc1. The number of nitrogens with one attached hydrogen (secondary N) is 1. The van der Waals surface area contributed by atoms with E-state index in [1.165, 1.54) is 0 Å². The third kappa shape index (κ3) is 3.40. The second-order valence-electron chi connectivity index (χ2n) is 3.98. The number of rotatable bonds is 3. The van der Waals surface area contributed by atoms with Gasteiger partial charge in [-0.25, -0.2) is 0 Å². The van der Waals surface area contributed by atoms with Gasteiger partial charge in [0.1, 0.15) is 0 Å². The number of anilines is 1. The van der Waals surface area contributed by atoms with Crippen molar-refractivity contribution in [1.29, 1.82) is 0 Å². The zero-order valence-corrected chi connectivity index (χ0v) is 10.2. The molecule has 0 aliphatic heterocycles. The zero-order chi connectivity index (χ0) is 11.5.